The van der Waals surface area contributed by atoms with Gasteiger partial charge in [-0.1, -0.05) is 54.2 Å². The number of aromatic nitrogens is 4. The van der Waals surface area contributed by atoms with Crippen LogP contribution in [-0.2, 0) is 0 Å². The molecule has 0 aliphatic rings. The van der Waals surface area contributed by atoms with E-state index in [2.05, 4.69) is 44.2 Å². The van der Waals surface area contributed by atoms with Gasteiger partial charge in [0.2, 0.25) is 0 Å². The van der Waals surface area contributed by atoms with Gasteiger partial charge in [0.1, 0.15) is 16.9 Å². The Morgan fingerprint density at radius 3 is 2.89 bits per heavy atom. The summed E-state index contributed by atoms with van der Waals surface area (Å²) in [5, 5.41) is 0.931. The fourth-order valence-electron chi connectivity index (χ4n) is 1.73. The monoisotopic (exact) mass is 268 g/mol. The topological polar surface area (TPSA) is 54.5 Å². The lowest BCUT2D eigenvalue weighted by Gasteiger charge is -1.98. The molecule has 2 heterocycles. The van der Waals surface area contributed by atoms with Crippen LogP contribution >= 0.6 is 11.8 Å². The van der Waals surface area contributed by atoms with Crippen molar-refractivity contribution in [2.45, 2.75) is 5.03 Å². The zero-order valence-electron chi connectivity index (χ0n) is 10.2. The second-order valence-electron chi connectivity index (χ2n) is 3.90. The van der Waals surface area contributed by atoms with Gasteiger partial charge in [0.25, 0.3) is 0 Å². The molecule has 94 valence electrons. The molecular weight excluding hydrogens is 256 g/mol. The van der Waals surface area contributed by atoms with Crippen molar-refractivity contribution in [2.75, 3.05) is 5.75 Å². The number of nitrogens with zero attached hydrogens (tertiary/aromatic N) is 3. The Labute approximate surface area is 115 Å². The number of hydrogen-bond donors (Lipinski definition) is 1. The molecule has 0 atom stereocenters. The Morgan fingerprint density at radius 1 is 1.11 bits per heavy atom. The van der Waals surface area contributed by atoms with Gasteiger partial charge in [-0.05, 0) is 5.56 Å². The third-order valence-electron chi connectivity index (χ3n) is 2.61. The number of nitrogens with one attached hydrogen (secondary N) is 1. The van der Waals surface area contributed by atoms with E-state index in [0.29, 0.717) is 5.65 Å². The summed E-state index contributed by atoms with van der Waals surface area (Å²) < 4.78 is 0. The third-order valence-corrected chi connectivity index (χ3v) is 3.56. The molecule has 0 radical (unpaired) electrons. The van der Waals surface area contributed by atoms with E-state index in [9.17, 15) is 0 Å². The highest BCUT2D eigenvalue weighted by molar-refractivity contribution is 7.99. The number of thioether (sulfide) groups is 1. The Kier molecular flexibility index (Phi) is 3.56. The molecule has 1 N–H and O–H groups in total. The van der Waals surface area contributed by atoms with Crippen molar-refractivity contribution in [1.29, 1.82) is 0 Å². The van der Waals surface area contributed by atoms with Crippen molar-refractivity contribution in [1.82, 2.24) is 19.9 Å². The zero-order valence-corrected chi connectivity index (χ0v) is 11.0. The second-order valence-corrected chi connectivity index (χ2v) is 4.91. The Balaban J connectivity index is 1.67. The summed E-state index contributed by atoms with van der Waals surface area (Å²) in [6, 6.07) is 10.2. The Bertz CT molecular complexity index is 691. The van der Waals surface area contributed by atoms with Crippen molar-refractivity contribution >= 4 is 29.0 Å². The van der Waals surface area contributed by atoms with E-state index in [4.69, 9.17) is 0 Å². The van der Waals surface area contributed by atoms with Crippen LogP contribution in [0.15, 0.2) is 54.1 Å². The molecule has 19 heavy (non-hydrogen) atoms. The van der Waals surface area contributed by atoms with E-state index in [1.807, 2.05) is 18.2 Å². The highest BCUT2D eigenvalue weighted by Gasteiger charge is 2.04. The molecule has 3 aromatic rings. The average molecular weight is 268 g/mol. The minimum Gasteiger partial charge on any atom is -0.341 e. The smallest absolute Gasteiger partial charge is 0.181 e. The normalized spacial score (nSPS) is 11.4. The van der Waals surface area contributed by atoms with Crippen molar-refractivity contribution in [2.24, 2.45) is 0 Å². The number of rotatable bonds is 4. The molecule has 5 heteroatoms. The van der Waals surface area contributed by atoms with Crippen LogP contribution in [0.5, 0.6) is 0 Å². The molecule has 0 bridgehead atoms. The molecule has 3 rings (SSSR count). The van der Waals surface area contributed by atoms with Crippen LogP contribution in [0.25, 0.3) is 17.2 Å². The lowest BCUT2D eigenvalue weighted by molar-refractivity contribution is 1.09. The van der Waals surface area contributed by atoms with E-state index < -0.39 is 0 Å². The highest BCUT2D eigenvalue weighted by Crippen LogP contribution is 2.21. The van der Waals surface area contributed by atoms with Crippen molar-refractivity contribution in [3.8, 4) is 0 Å². The molecule has 1 aromatic carbocycles. The maximum Gasteiger partial charge on any atom is 0.181 e. The molecule has 0 fully saturated rings. The fourth-order valence-corrected chi connectivity index (χ4v) is 2.49. The Morgan fingerprint density at radius 2 is 2.00 bits per heavy atom. The summed E-state index contributed by atoms with van der Waals surface area (Å²) >= 11 is 1.66. The van der Waals surface area contributed by atoms with Crippen molar-refractivity contribution in [3.05, 3.63) is 54.6 Å². The predicted octanol–water partition coefficient (Wildman–Crippen LogP) is 3.16. The lowest BCUT2D eigenvalue weighted by Crippen LogP contribution is -1.86. The number of benzene rings is 1. The first-order chi connectivity index (χ1) is 9.43. The molecule has 4 nitrogen and oxygen atoms in total. The molecule has 0 amide bonds. The highest BCUT2D eigenvalue weighted by atomic mass is 32.2. The standard InChI is InChI=1S/C14H12N4S/c1-2-5-11(6-3-1)7-4-8-19-14-12-13(16-9-15-12)17-10-18-14/h1-7,9-10H,8H2,(H,15,16,17,18)/b7-4-. The molecule has 0 spiro atoms. The van der Waals surface area contributed by atoms with Crippen LogP contribution in [0.4, 0.5) is 0 Å². The molecule has 0 aliphatic heterocycles. The number of hydrogen-bond acceptors (Lipinski definition) is 4. The molecule has 0 unspecified atom stereocenters. The van der Waals surface area contributed by atoms with E-state index in [1.54, 1.807) is 24.4 Å². The summed E-state index contributed by atoms with van der Waals surface area (Å²) in [6.45, 7) is 0. The first kappa shape index (κ1) is 11.9. The SMILES string of the molecule is C(=C/c1ccccc1)/CSc1ncnc2nc[nH]c12. The molecular formula is C14H12N4S. The average Bonchev–Trinajstić information content (AvgIpc) is 2.94. The van der Waals surface area contributed by atoms with Crippen LogP contribution in [0, 0.1) is 0 Å². The largest absolute Gasteiger partial charge is 0.341 e. The minimum atomic E-state index is 0.713. The fraction of sp³-hybridized carbons (Fsp3) is 0.0714. The van der Waals surface area contributed by atoms with Gasteiger partial charge in [-0.15, -0.1) is 0 Å². The van der Waals surface area contributed by atoms with Crippen LogP contribution < -0.4 is 0 Å². The van der Waals surface area contributed by atoms with Crippen LogP contribution in [-0.4, -0.2) is 25.7 Å². The van der Waals surface area contributed by atoms with Gasteiger partial charge in [0.15, 0.2) is 5.65 Å². The maximum atomic E-state index is 4.27. The second kappa shape index (κ2) is 5.67. The predicted molar refractivity (Wildman–Crippen MR) is 77.9 cm³/mol. The van der Waals surface area contributed by atoms with Crippen molar-refractivity contribution < 1.29 is 0 Å². The van der Waals surface area contributed by atoms with Gasteiger partial charge >= 0.3 is 0 Å². The van der Waals surface area contributed by atoms with E-state index >= 15 is 0 Å². The van der Waals surface area contributed by atoms with Crippen molar-refractivity contribution in [3.63, 3.8) is 0 Å². The van der Waals surface area contributed by atoms with Gasteiger partial charge in [-0.3, -0.25) is 0 Å². The first-order valence-corrected chi connectivity index (χ1v) is 6.90. The van der Waals surface area contributed by atoms with Gasteiger partial charge in [0, 0.05) is 5.75 Å². The van der Waals surface area contributed by atoms with E-state index in [1.165, 1.54) is 5.56 Å². The number of fused-ring (bicyclic) bond motifs is 1. The Hall–Kier alpha value is -2.14. The third kappa shape index (κ3) is 2.82. The van der Waals surface area contributed by atoms with Crippen LogP contribution in [0.1, 0.15) is 5.56 Å². The number of aromatic amines is 1. The van der Waals surface area contributed by atoms with E-state index in [-0.39, 0.29) is 0 Å². The summed E-state index contributed by atoms with van der Waals surface area (Å²) in [4.78, 5) is 15.5. The number of imidazole rings is 1. The summed E-state index contributed by atoms with van der Waals surface area (Å²) in [5.41, 5.74) is 2.82. The van der Waals surface area contributed by atoms with Crippen LogP contribution in [0.2, 0.25) is 0 Å². The van der Waals surface area contributed by atoms with Gasteiger partial charge in [0.05, 0.1) is 6.33 Å². The molecule has 2 aromatic heterocycles. The molecule has 0 saturated carbocycles. The maximum absolute atomic E-state index is 4.27. The lowest BCUT2D eigenvalue weighted by atomic mass is 10.2. The summed E-state index contributed by atoms with van der Waals surface area (Å²) in [5.74, 6) is 0.861. The number of H-pyrrole nitrogens is 1. The minimum absolute atomic E-state index is 0.713. The summed E-state index contributed by atoms with van der Waals surface area (Å²) in [6.07, 6.45) is 7.43. The van der Waals surface area contributed by atoms with Gasteiger partial charge < -0.3 is 4.98 Å². The molecule has 0 saturated heterocycles. The van der Waals surface area contributed by atoms with Crippen LogP contribution in [0.3, 0.4) is 0 Å². The van der Waals surface area contributed by atoms with Gasteiger partial charge in [-0.25, -0.2) is 15.0 Å². The molecule has 0 aliphatic carbocycles. The van der Waals surface area contributed by atoms with Gasteiger partial charge in [-0.2, -0.15) is 0 Å². The quantitative estimate of drug-likeness (QED) is 0.583. The van der Waals surface area contributed by atoms with E-state index in [0.717, 1.165) is 16.3 Å². The summed E-state index contributed by atoms with van der Waals surface area (Å²) in [7, 11) is 0. The zero-order chi connectivity index (χ0) is 12.9. The first-order valence-electron chi connectivity index (χ1n) is 5.92.